The summed E-state index contributed by atoms with van der Waals surface area (Å²) in [6, 6.07) is 52.3. The minimum atomic E-state index is -0.425. The van der Waals surface area contributed by atoms with Crippen LogP contribution in [0.15, 0.2) is 140 Å². The fraction of sp³-hybridized carbons (Fsp3) is 0.0526. The fourth-order valence-corrected chi connectivity index (χ4v) is 7.94. The molecule has 9 rings (SSSR count). The van der Waals surface area contributed by atoms with E-state index < -0.39 is 5.41 Å². The molecular weight excluding hydrogens is 481 g/mol. The monoisotopic (exact) mass is 507 g/mol. The average molecular weight is 507 g/mol. The molecule has 0 bridgehead atoms. The molecule has 0 spiro atoms. The van der Waals surface area contributed by atoms with Crippen LogP contribution in [0, 0.1) is 6.92 Å². The highest BCUT2D eigenvalue weighted by atomic mass is 15.0. The summed E-state index contributed by atoms with van der Waals surface area (Å²) in [6.45, 7) is 2.37. The van der Waals surface area contributed by atoms with Gasteiger partial charge in [-0.2, -0.15) is 0 Å². The van der Waals surface area contributed by atoms with Gasteiger partial charge in [0.25, 0.3) is 0 Å². The highest BCUT2D eigenvalue weighted by Gasteiger charge is 2.50. The molecule has 0 saturated carbocycles. The molecular formula is C38H26BN. The van der Waals surface area contributed by atoms with Crippen molar-refractivity contribution in [1.29, 1.82) is 0 Å². The van der Waals surface area contributed by atoms with Crippen LogP contribution in [0.25, 0.3) is 27.5 Å². The number of nitrogens with zero attached hydrogens (tertiary/aromatic N) is 1. The Hall–Kier alpha value is -4.82. The minimum absolute atomic E-state index is 0.171. The lowest BCUT2D eigenvalue weighted by molar-refractivity contribution is 0.750. The summed E-state index contributed by atoms with van der Waals surface area (Å²) in [5.74, 6) is 0. The number of para-hydroxylation sites is 1. The van der Waals surface area contributed by atoms with Gasteiger partial charge in [-0.25, -0.2) is 0 Å². The van der Waals surface area contributed by atoms with Crippen molar-refractivity contribution in [2.45, 2.75) is 12.3 Å². The maximum absolute atomic E-state index is 2.55. The lowest BCUT2D eigenvalue weighted by Crippen LogP contribution is -2.64. The molecule has 0 radical (unpaired) electrons. The molecule has 0 unspecified atom stereocenters. The second-order valence-corrected chi connectivity index (χ2v) is 11.3. The summed E-state index contributed by atoms with van der Waals surface area (Å²) in [6.07, 6.45) is 0. The van der Waals surface area contributed by atoms with Gasteiger partial charge < -0.3 is 4.57 Å². The van der Waals surface area contributed by atoms with Gasteiger partial charge in [-0.05, 0) is 57.8 Å². The zero-order chi connectivity index (χ0) is 26.4. The Kier molecular flexibility index (Phi) is 4.34. The highest BCUT2D eigenvalue weighted by molar-refractivity contribution is 6.99. The first-order chi connectivity index (χ1) is 19.8. The number of fused-ring (bicyclic) bond motifs is 7. The number of aryl methyl sites for hydroxylation is 1. The molecule has 2 aliphatic rings. The third-order valence-electron chi connectivity index (χ3n) is 9.39. The van der Waals surface area contributed by atoms with Crippen molar-refractivity contribution >= 4 is 44.9 Å². The number of hydrogen-bond donors (Lipinski definition) is 0. The van der Waals surface area contributed by atoms with Gasteiger partial charge in [0.05, 0.1) is 10.9 Å². The summed E-state index contributed by atoms with van der Waals surface area (Å²) in [7, 11) is 0. The van der Waals surface area contributed by atoms with E-state index in [4.69, 9.17) is 0 Å². The van der Waals surface area contributed by atoms with Crippen molar-refractivity contribution in [2.75, 3.05) is 0 Å². The Bertz CT molecular complexity index is 2080. The van der Waals surface area contributed by atoms with Gasteiger partial charge >= 0.3 is 0 Å². The summed E-state index contributed by atoms with van der Waals surface area (Å²) in [5.41, 5.74) is 14.4. The first kappa shape index (κ1) is 22.0. The van der Waals surface area contributed by atoms with E-state index in [0.717, 1.165) is 0 Å². The second kappa shape index (κ2) is 7.86. The quantitative estimate of drug-likeness (QED) is 0.232. The van der Waals surface area contributed by atoms with Gasteiger partial charge in [0, 0.05) is 22.0 Å². The molecule has 2 aliphatic heterocycles. The van der Waals surface area contributed by atoms with Crippen LogP contribution in [-0.4, -0.2) is 11.3 Å². The molecule has 2 heteroatoms. The largest absolute Gasteiger partial charge is 0.310 e. The van der Waals surface area contributed by atoms with Gasteiger partial charge in [-0.3, -0.25) is 0 Å². The molecule has 0 fully saturated rings. The number of hydrogen-bond acceptors (Lipinski definition) is 0. The first-order valence-corrected chi connectivity index (χ1v) is 14.2. The van der Waals surface area contributed by atoms with E-state index in [9.17, 15) is 0 Å². The van der Waals surface area contributed by atoms with Crippen molar-refractivity contribution in [3.8, 4) is 5.69 Å². The van der Waals surface area contributed by atoms with Crippen molar-refractivity contribution in [3.05, 3.63) is 167 Å². The number of rotatable bonds is 2. The van der Waals surface area contributed by atoms with Crippen molar-refractivity contribution in [1.82, 2.24) is 4.57 Å². The molecule has 0 N–H and O–H groups in total. The Morgan fingerprint density at radius 1 is 0.550 bits per heavy atom. The molecule has 3 heterocycles. The van der Waals surface area contributed by atoms with E-state index in [1.165, 1.54) is 71.7 Å². The van der Waals surface area contributed by atoms with Gasteiger partial charge in [-0.1, -0.05) is 133 Å². The molecule has 1 nitrogen and oxygen atoms in total. The first-order valence-electron chi connectivity index (χ1n) is 14.2. The molecule has 0 atom stereocenters. The molecule has 6 aromatic carbocycles. The maximum Gasteiger partial charge on any atom is 0.247 e. The molecule has 1 aromatic heterocycles. The van der Waals surface area contributed by atoms with E-state index in [1.807, 2.05) is 0 Å². The van der Waals surface area contributed by atoms with Crippen LogP contribution in [0.2, 0.25) is 0 Å². The Morgan fingerprint density at radius 3 is 1.98 bits per heavy atom. The predicted octanol–water partition coefficient (Wildman–Crippen LogP) is 6.62. The van der Waals surface area contributed by atoms with E-state index >= 15 is 0 Å². The standard InChI is InChI=1S/C38H26BN/c1-25-22-23-28-29-16-10-20-33-37(29)40(35(28)24-25)34-21-11-18-31-36(34)39(33)32-19-9-8-17-30(32)38(31,26-12-4-2-5-13-26)27-14-6-3-7-15-27/h2-24H,1H3. The van der Waals surface area contributed by atoms with Crippen molar-refractivity contribution < 1.29 is 0 Å². The Morgan fingerprint density at radius 2 is 1.20 bits per heavy atom. The third-order valence-corrected chi connectivity index (χ3v) is 9.39. The minimum Gasteiger partial charge on any atom is -0.310 e. The maximum atomic E-state index is 2.55. The van der Waals surface area contributed by atoms with E-state index in [0.29, 0.717) is 0 Å². The van der Waals surface area contributed by atoms with Crippen LogP contribution in [-0.2, 0) is 5.41 Å². The summed E-state index contributed by atoms with van der Waals surface area (Å²) in [4.78, 5) is 0. The van der Waals surface area contributed by atoms with Crippen LogP contribution >= 0.6 is 0 Å². The summed E-state index contributed by atoms with van der Waals surface area (Å²) >= 11 is 0. The normalized spacial score (nSPS) is 14.3. The predicted molar refractivity (Wildman–Crippen MR) is 168 cm³/mol. The average Bonchev–Trinajstić information content (AvgIpc) is 3.34. The second-order valence-electron chi connectivity index (χ2n) is 11.3. The molecule has 0 amide bonds. The van der Waals surface area contributed by atoms with Crippen LogP contribution in [0.3, 0.4) is 0 Å². The molecule has 40 heavy (non-hydrogen) atoms. The number of aromatic nitrogens is 1. The van der Waals surface area contributed by atoms with Crippen LogP contribution in [0.4, 0.5) is 0 Å². The van der Waals surface area contributed by atoms with Gasteiger partial charge in [0.15, 0.2) is 0 Å². The van der Waals surface area contributed by atoms with Gasteiger partial charge in [-0.15, -0.1) is 0 Å². The van der Waals surface area contributed by atoms with E-state index in [-0.39, 0.29) is 6.71 Å². The van der Waals surface area contributed by atoms with E-state index in [1.54, 1.807) is 0 Å². The van der Waals surface area contributed by atoms with Crippen LogP contribution in [0.1, 0.15) is 27.8 Å². The number of benzene rings is 6. The SMILES string of the molecule is Cc1ccc2c3cccc4c3n(c2c1)-c1cccc2c1B4c1ccccc1C2(c1ccccc1)c1ccccc1. The lowest BCUT2D eigenvalue weighted by atomic mass is 9.29. The summed E-state index contributed by atoms with van der Waals surface area (Å²) in [5, 5.41) is 2.66. The molecule has 7 aromatic rings. The lowest BCUT2D eigenvalue weighted by Gasteiger charge is -2.46. The molecule has 0 aliphatic carbocycles. The zero-order valence-corrected chi connectivity index (χ0v) is 22.3. The fourth-order valence-electron chi connectivity index (χ4n) is 7.94. The summed E-state index contributed by atoms with van der Waals surface area (Å²) < 4.78 is 2.55. The zero-order valence-electron chi connectivity index (χ0n) is 22.3. The molecule has 186 valence electrons. The van der Waals surface area contributed by atoms with Crippen molar-refractivity contribution in [3.63, 3.8) is 0 Å². The van der Waals surface area contributed by atoms with Crippen molar-refractivity contribution in [2.24, 2.45) is 0 Å². The Balaban J connectivity index is 1.53. The van der Waals surface area contributed by atoms with E-state index in [2.05, 4.69) is 151 Å². The smallest absolute Gasteiger partial charge is 0.247 e. The van der Waals surface area contributed by atoms with Gasteiger partial charge in [0.2, 0.25) is 6.71 Å². The van der Waals surface area contributed by atoms with Crippen LogP contribution < -0.4 is 16.4 Å². The topological polar surface area (TPSA) is 4.93 Å². The van der Waals surface area contributed by atoms with Gasteiger partial charge in [0.1, 0.15) is 0 Å². The van der Waals surface area contributed by atoms with Crippen LogP contribution in [0.5, 0.6) is 0 Å². The Labute approximate surface area is 234 Å². The third kappa shape index (κ3) is 2.59. The molecule has 0 saturated heterocycles. The highest BCUT2D eigenvalue weighted by Crippen LogP contribution is 2.47.